The fourth-order valence-corrected chi connectivity index (χ4v) is 1.58. The highest BCUT2D eigenvalue weighted by Gasteiger charge is 2.38. The number of imide groups is 3. The van der Waals surface area contributed by atoms with Crippen LogP contribution in [0.2, 0.25) is 0 Å². The minimum absolute atomic E-state index is 0.248. The molecule has 0 saturated carbocycles. The van der Waals surface area contributed by atoms with Crippen LogP contribution in [-0.4, -0.2) is 22.6 Å². The Balaban J connectivity index is 2.44. The molecule has 4 heteroatoms. The number of amides is 3. The Kier molecular flexibility index (Phi) is 2.29. The van der Waals surface area contributed by atoms with Gasteiger partial charge >= 0.3 is 0 Å². The molecule has 4 nitrogen and oxygen atoms in total. The molecule has 1 aromatic carbocycles. The molecule has 0 fully saturated rings. The maximum atomic E-state index is 11.7. The first-order chi connectivity index (χ1) is 7.66. The average molecular weight is 213 g/mol. The van der Waals surface area contributed by atoms with E-state index in [1.54, 1.807) is 12.1 Å². The van der Waals surface area contributed by atoms with Crippen molar-refractivity contribution in [2.24, 2.45) is 0 Å². The van der Waals surface area contributed by atoms with E-state index in [0.29, 0.717) is 4.90 Å². The fraction of sp³-hybridized carbons (Fsp3) is 0.0833. The second-order valence-corrected chi connectivity index (χ2v) is 3.27. The Hall–Kier alpha value is -2.41. The second kappa shape index (κ2) is 3.63. The highest BCUT2D eigenvalue weighted by atomic mass is 16.2. The summed E-state index contributed by atoms with van der Waals surface area (Å²) in [6.07, 6.45) is 4.71. The number of nitrogens with zero attached hydrogens (tertiary/aromatic N) is 1. The lowest BCUT2D eigenvalue weighted by Crippen LogP contribution is -2.35. The summed E-state index contributed by atoms with van der Waals surface area (Å²) in [5.74, 6) is 0.265. The maximum Gasteiger partial charge on any atom is 0.268 e. The zero-order valence-corrected chi connectivity index (χ0v) is 8.27. The minimum atomic E-state index is -0.659. The van der Waals surface area contributed by atoms with Gasteiger partial charge in [0.05, 0.1) is 17.5 Å². The first-order valence-corrected chi connectivity index (χ1v) is 4.61. The van der Waals surface area contributed by atoms with Gasteiger partial charge in [-0.3, -0.25) is 14.4 Å². The molecular weight excluding hydrogens is 206 g/mol. The van der Waals surface area contributed by atoms with Gasteiger partial charge < -0.3 is 0 Å². The van der Waals surface area contributed by atoms with Crippen LogP contribution in [0.3, 0.4) is 0 Å². The van der Waals surface area contributed by atoms with E-state index in [9.17, 15) is 14.4 Å². The van der Waals surface area contributed by atoms with Crippen molar-refractivity contribution >= 4 is 17.7 Å². The Morgan fingerprint density at radius 1 is 1.19 bits per heavy atom. The molecule has 0 bridgehead atoms. The number of terminal acetylenes is 1. The number of benzene rings is 1. The molecule has 0 radical (unpaired) electrons. The Labute approximate surface area is 91.9 Å². The van der Waals surface area contributed by atoms with Crippen molar-refractivity contribution in [3.05, 3.63) is 35.4 Å². The highest BCUT2D eigenvalue weighted by Crippen LogP contribution is 2.22. The second-order valence-electron chi connectivity index (χ2n) is 3.27. The van der Waals surface area contributed by atoms with Crippen LogP contribution < -0.4 is 0 Å². The number of rotatable bonds is 1. The van der Waals surface area contributed by atoms with E-state index >= 15 is 0 Å². The zero-order valence-electron chi connectivity index (χ0n) is 8.27. The van der Waals surface area contributed by atoms with Crippen molar-refractivity contribution in [2.45, 2.75) is 6.42 Å². The average Bonchev–Trinajstić information content (AvgIpc) is 2.53. The molecule has 3 amide bonds. The van der Waals surface area contributed by atoms with Gasteiger partial charge in [0, 0.05) is 0 Å². The van der Waals surface area contributed by atoms with Crippen molar-refractivity contribution in [1.29, 1.82) is 0 Å². The summed E-state index contributed by atoms with van der Waals surface area (Å²) in [5, 5.41) is 0. The summed E-state index contributed by atoms with van der Waals surface area (Å²) in [6, 6.07) is 6.30. The number of hydrogen-bond acceptors (Lipinski definition) is 3. The van der Waals surface area contributed by atoms with E-state index in [0.717, 1.165) is 0 Å². The largest absolute Gasteiger partial charge is 0.273 e. The fourth-order valence-electron chi connectivity index (χ4n) is 1.58. The smallest absolute Gasteiger partial charge is 0.268 e. The summed E-state index contributed by atoms with van der Waals surface area (Å²) in [4.78, 5) is 35.6. The summed E-state index contributed by atoms with van der Waals surface area (Å²) >= 11 is 0. The van der Waals surface area contributed by atoms with Crippen LogP contribution in [0.25, 0.3) is 0 Å². The molecule has 0 N–H and O–H groups in total. The third-order valence-electron chi connectivity index (χ3n) is 2.30. The molecule has 2 rings (SSSR count). The van der Waals surface area contributed by atoms with Crippen molar-refractivity contribution in [3.63, 3.8) is 0 Å². The van der Waals surface area contributed by atoms with Crippen molar-refractivity contribution in [2.75, 3.05) is 0 Å². The monoisotopic (exact) mass is 213 g/mol. The molecule has 1 aliphatic heterocycles. The predicted octanol–water partition coefficient (Wildman–Crippen LogP) is 0.833. The molecule has 0 unspecified atom stereocenters. The Morgan fingerprint density at radius 2 is 1.69 bits per heavy atom. The van der Waals surface area contributed by atoms with E-state index in [1.807, 2.05) is 0 Å². The molecule has 0 aromatic heterocycles. The first-order valence-electron chi connectivity index (χ1n) is 4.61. The zero-order chi connectivity index (χ0) is 11.7. The summed E-state index contributed by atoms with van der Waals surface area (Å²) in [7, 11) is 0. The molecule has 1 aliphatic rings. The van der Waals surface area contributed by atoms with Gasteiger partial charge in [0.2, 0.25) is 5.91 Å². The minimum Gasteiger partial charge on any atom is -0.273 e. The summed E-state index contributed by atoms with van der Waals surface area (Å²) in [6.45, 7) is 0. The normalized spacial score (nSPS) is 13.6. The van der Waals surface area contributed by atoms with Gasteiger partial charge in [0.15, 0.2) is 0 Å². The third kappa shape index (κ3) is 1.30. The summed E-state index contributed by atoms with van der Waals surface area (Å²) in [5.41, 5.74) is 0.496. The van der Waals surface area contributed by atoms with Crippen molar-refractivity contribution in [3.8, 4) is 12.3 Å². The quantitative estimate of drug-likeness (QED) is 0.513. The van der Waals surface area contributed by atoms with Crippen LogP contribution in [-0.2, 0) is 4.79 Å². The van der Waals surface area contributed by atoms with Crippen LogP contribution in [0.4, 0.5) is 0 Å². The lowest BCUT2D eigenvalue weighted by molar-refractivity contribution is -0.125. The van der Waals surface area contributed by atoms with Crippen LogP contribution in [0.1, 0.15) is 27.1 Å². The molecule has 78 valence electrons. The summed E-state index contributed by atoms with van der Waals surface area (Å²) < 4.78 is 0. The van der Waals surface area contributed by atoms with Gasteiger partial charge in [-0.2, -0.15) is 0 Å². The SMILES string of the molecule is C#CCC(=O)N1C(=O)c2ccccc2C1=O. The molecule has 0 spiro atoms. The van der Waals surface area contributed by atoms with Crippen LogP contribution in [0, 0.1) is 12.3 Å². The predicted molar refractivity (Wildman–Crippen MR) is 55.4 cm³/mol. The first kappa shape index (κ1) is 10.1. The lowest BCUT2D eigenvalue weighted by Gasteiger charge is -2.08. The van der Waals surface area contributed by atoms with Gasteiger partial charge in [-0.25, -0.2) is 4.90 Å². The van der Waals surface area contributed by atoms with E-state index in [4.69, 9.17) is 6.42 Å². The molecular formula is C12H7NO3. The van der Waals surface area contributed by atoms with Gasteiger partial charge in [0.1, 0.15) is 0 Å². The highest BCUT2D eigenvalue weighted by molar-refractivity contribution is 6.29. The van der Waals surface area contributed by atoms with Gasteiger partial charge in [-0.15, -0.1) is 6.42 Å². The van der Waals surface area contributed by atoms with Crippen LogP contribution in [0.15, 0.2) is 24.3 Å². The maximum absolute atomic E-state index is 11.7. The molecule has 0 atom stereocenters. The van der Waals surface area contributed by atoms with E-state index in [-0.39, 0.29) is 17.5 Å². The van der Waals surface area contributed by atoms with Gasteiger partial charge in [0.25, 0.3) is 11.8 Å². The third-order valence-corrected chi connectivity index (χ3v) is 2.30. The number of hydrogen-bond donors (Lipinski definition) is 0. The van der Waals surface area contributed by atoms with Gasteiger partial charge in [-0.1, -0.05) is 18.1 Å². The lowest BCUT2D eigenvalue weighted by atomic mass is 10.1. The standard InChI is InChI=1S/C12H7NO3/c1-2-5-10(14)13-11(15)8-6-3-4-7-9(8)12(13)16/h1,3-4,6-7H,5H2. The van der Waals surface area contributed by atoms with E-state index in [2.05, 4.69) is 5.92 Å². The van der Waals surface area contributed by atoms with Gasteiger partial charge in [-0.05, 0) is 12.1 Å². The molecule has 1 aromatic rings. The molecule has 0 aliphatic carbocycles. The topological polar surface area (TPSA) is 54.5 Å². The van der Waals surface area contributed by atoms with Crippen LogP contribution >= 0.6 is 0 Å². The Morgan fingerprint density at radius 3 is 2.12 bits per heavy atom. The molecule has 1 heterocycles. The van der Waals surface area contributed by atoms with Crippen molar-refractivity contribution < 1.29 is 14.4 Å². The Bertz CT molecular complexity index is 504. The molecule has 16 heavy (non-hydrogen) atoms. The van der Waals surface area contributed by atoms with Crippen LogP contribution in [0.5, 0.6) is 0 Å². The van der Waals surface area contributed by atoms with E-state index in [1.165, 1.54) is 12.1 Å². The van der Waals surface area contributed by atoms with E-state index < -0.39 is 17.7 Å². The number of carbonyl (C=O) groups excluding carboxylic acids is 3. The number of carbonyl (C=O) groups is 3. The van der Waals surface area contributed by atoms with Crippen molar-refractivity contribution in [1.82, 2.24) is 4.90 Å². The number of fused-ring (bicyclic) bond motifs is 1. The molecule has 0 saturated heterocycles.